The van der Waals surface area contributed by atoms with E-state index >= 15 is 0 Å². The molecule has 0 heterocycles. The Bertz CT molecular complexity index is 641. The van der Waals surface area contributed by atoms with Crippen molar-refractivity contribution >= 4 is 37.5 Å². The van der Waals surface area contributed by atoms with Crippen molar-refractivity contribution in [1.29, 1.82) is 0 Å². The molecule has 110 valence electrons. The second kappa shape index (κ2) is 5.44. The first-order valence-electron chi connectivity index (χ1n) is 6.11. The Kier molecular flexibility index (Phi) is 4.19. The van der Waals surface area contributed by atoms with E-state index in [0.717, 1.165) is 19.3 Å². The third-order valence-electron chi connectivity index (χ3n) is 3.41. The van der Waals surface area contributed by atoms with Crippen LogP contribution in [0.25, 0.3) is 0 Å². The van der Waals surface area contributed by atoms with Gasteiger partial charge in [0.2, 0.25) is 15.9 Å². The van der Waals surface area contributed by atoms with Gasteiger partial charge in [-0.1, -0.05) is 0 Å². The Balaban J connectivity index is 2.08. The first kappa shape index (κ1) is 15.4. The maximum absolute atomic E-state index is 11.9. The van der Waals surface area contributed by atoms with E-state index < -0.39 is 15.6 Å². The summed E-state index contributed by atoms with van der Waals surface area (Å²) in [6.07, 6.45) is 3.02. The van der Waals surface area contributed by atoms with Crippen molar-refractivity contribution in [1.82, 2.24) is 0 Å². The minimum absolute atomic E-state index is 0.0170. The normalized spacial score (nSPS) is 17.4. The van der Waals surface area contributed by atoms with E-state index in [-0.39, 0.29) is 17.2 Å². The molecule has 0 spiro atoms. The smallest absolute Gasteiger partial charge is 0.238 e. The standard InChI is InChI=1S/C12H16BrN3O3S/c13-9-6-8(20(15,18)19)2-3-10(9)16-11(17)7-12(14)4-1-5-12/h2-3,6H,1,4-5,7,14H2,(H,16,17)(H2,15,18,19). The first-order chi connectivity index (χ1) is 9.20. The van der Waals surface area contributed by atoms with Gasteiger partial charge in [-0.3, -0.25) is 4.79 Å². The van der Waals surface area contributed by atoms with Gasteiger partial charge in [-0.25, -0.2) is 13.6 Å². The second-order valence-corrected chi connectivity index (χ2v) is 7.54. The van der Waals surface area contributed by atoms with Crippen LogP contribution in [-0.2, 0) is 14.8 Å². The van der Waals surface area contributed by atoms with E-state index in [1.54, 1.807) is 0 Å². The van der Waals surface area contributed by atoms with E-state index in [0.29, 0.717) is 10.2 Å². The van der Waals surface area contributed by atoms with Gasteiger partial charge in [-0.05, 0) is 53.4 Å². The van der Waals surface area contributed by atoms with Gasteiger partial charge < -0.3 is 11.1 Å². The summed E-state index contributed by atoms with van der Waals surface area (Å²) in [4.78, 5) is 11.9. The number of hydrogen-bond donors (Lipinski definition) is 3. The molecule has 5 N–H and O–H groups in total. The van der Waals surface area contributed by atoms with Gasteiger partial charge in [0, 0.05) is 16.4 Å². The Morgan fingerprint density at radius 3 is 2.50 bits per heavy atom. The van der Waals surface area contributed by atoms with E-state index in [1.165, 1.54) is 18.2 Å². The van der Waals surface area contributed by atoms with Crippen LogP contribution in [0.1, 0.15) is 25.7 Å². The van der Waals surface area contributed by atoms with Crippen molar-refractivity contribution in [3.05, 3.63) is 22.7 Å². The number of halogens is 1. The number of carbonyl (C=O) groups excluding carboxylic acids is 1. The molecule has 1 amide bonds. The van der Waals surface area contributed by atoms with Gasteiger partial charge >= 0.3 is 0 Å². The van der Waals surface area contributed by atoms with E-state index in [1.807, 2.05) is 0 Å². The molecule has 2 rings (SSSR count). The van der Waals surface area contributed by atoms with Crippen LogP contribution in [0.3, 0.4) is 0 Å². The minimum Gasteiger partial charge on any atom is -0.325 e. The number of rotatable bonds is 4. The number of benzene rings is 1. The Morgan fingerprint density at radius 2 is 2.05 bits per heavy atom. The molecule has 0 radical (unpaired) electrons. The molecule has 0 saturated heterocycles. The van der Waals surface area contributed by atoms with Gasteiger partial charge in [-0.15, -0.1) is 0 Å². The van der Waals surface area contributed by atoms with Crippen LogP contribution in [0.2, 0.25) is 0 Å². The summed E-state index contributed by atoms with van der Waals surface area (Å²) in [6.45, 7) is 0. The fourth-order valence-electron chi connectivity index (χ4n) is 2.10. The summed E-state index contributed by atoms with van der Waals surface area (Å²) in [5.74, 6) is -0.184. The van der Waals surface area contributed by atoms with Crippen molar-refractivity contribution in [2.75, 3.05) is 5.32 Å². The number of carbonyl (C=O) groups is 1. The van der Waals surface area contributed by atoms with E-state index in [2.05, 4.69) is 21.2 Å². The number of nitrogens with one attached hydrogen (secondary N) is 1. The maximum atomic E-state index is 11.9. The maximum Gasteiger partial charge on any atom is 0.238 e. The molecule has 20 heavy (non-hydrogen) atoms. The van der Waals surface area contributed by atoms with Gasteiger partial charge in [0.25, 0.3) is 0 Å². The van der Waals surface area contributed by atoms with Crippen LogP contribution in [-0.4, -0.2) is 19.9 Å². The summed E-state index contributed by atoms with van der Waals surface area (Å²) in [6, 6.07) is 4.19. The zero-order valence-electron chi connectivity index (χ0n) is 10.7. The number of sulfonamides is 1. The topological polar surface area (TPSA) is 115 Å². The Labute approximate surface area is 126 Å². The zero-order valence-corrected chi connectivity index (χ0v) is 13.1. The van der Waals surface area contributed by atoms with Crippen LogP contribution in [0.15, 0.2) is 27.6 Å². The number of nitrogens with two attached hydrogens (primary N) is 2. The third-order valence-corrected chi connectivity index (χ3v) is 4.97. The number of primary sulfonamides is 1. The highest BCUT2D eigenvalue weighted by Gasteiger charge is 2.34. The van der Waals surface area contributed by atoms with Gasteiger partial charge in [0.15, 0.2) is 0 Å². The fourth-order valence-corrected chi connectivity index (χ4v) is 3.27. The lowest BCUT2D eigenvalue weighted by atomic mass is 9.75. The fraction of sp³-hybridized carbons (Fsp3) is 0.417. The molecule has 1 saturated carbocycles. The number of amides is 1. The average Bonchev–Trinajstić information content (AvgIpc) is 2.28. The van der Waals surface area contributed by atoms with Crippen molar-refractivity contribution in [2.24, 2.45) is 10.9 Å². The largest absolute Gasteiger partial charge is 0.325 e. The zero-order chi connectivity index (χ0) is 15.0. The van der Waals surface area contributed by atoms with Crippen LogP contribution >= 0.6 is 15.9 Å². The van der Waals surface area contributed by atoms with Crippen LogP contribution in [0.4, 0.5) is 5.69 Å². The van der Waals surface area contributed by atoms with Crippen LogP contribution in [0, 0.1) is 0 Å². The molecular formula is C12H16BrN3O3S. The Morgan fingerprint density at radius 1 is 1.40 bits per heavy atom. The van der Waals surface area contributed by atoms with Crippen molar-refractivity contribution in [3.8, 4) is 0 Å². The van der Waals surface area contributed by atoms with Crippen LogP contribution in [0.5, 0.6) is 0 Å². The van der Waals surface area contributed by atoms with Crippen molar-refractivity contribution in [3.63, 3.8) is 0 Å². The predicted octanol–water partition coefficient (Wildman–Crippen LogP) is 1.31. The van der Waals surface area contributed by atoms with Gasteiger partial charge in [0.1, 0.15) is 0 Å². The summed E-state index contributed by atoms with van der Waals surface area (Å²) < 4.78 is 22.9. The molecule has 8 heteroatoms. The molecule has 0 unspecified atom stereocenters. The summed E-state index contributed by atoms with van der Waals surface area (Å²) in [5.41, 5.74) is 6.11. The average molecular weight is 362 g/mol. The molecule has 6 nitrogen and oxygen atoms in total. The summed E-state index contributed by atoms with van der Waals surface area (Å²) in [7, 11) is -3.76. The number of anilines is 1. The molecule has 0 aromatic heterocycles. The molecule has 1 aliphatic rings. The SMILES string of the molecule is NC1(CC(=O)Nc2ccc(S(N)(=O)=O)cc2Br)CCC1. The van der Waals surface area contributed by atoms with E-state index in [9.17, 15) is 13.2 Å². The molecular weight excluding hydrogens is 346 g/mol. The molecule has 0 atom stereocenters. The van der Waals surface area contributed by atoms with Crippen molar-refractivity contribution in [2.45, 2.75) is 36.1 Å². The van der Waals surface area contributed by atoms with Crippen LogP contribution < -0.4 is 16.2 Å². The lowest BCUT2D eigenvalue weighted by Gasteiger charge is -2.37. The van der Waals surface area contributed by atoms with E-state index in [4.69, 9.17) is 10.9 Å². The highest BCUT2D eigenvalue weighted by Crippen LogP contribution is 2.33. The summed E-state index contributed by atoms with van der Waals surface area (Å²) in [5, 5.41) is 7.75. The molecule has 1 aromatic carbocycles. The minimum atomic E-state index is -3.76. The molecule has 1 aromatic rings. The van der Waals surface area contributed by atoms with Crippen molar-refractivity contribution < 1.29 is 13.2 Å². The highest BCUT2D eigenvalue weighted by atomic mass is 79.9. The Hall–Kier alpha value is -0.960. The molecule has 1 aliphatic carbocycles. The molecule has 0 aliphatic heterocycles. The lowest BCUT2D eigenvalue weighted by Crippen LogP contribution is -2.48. The highest BCUT2D eigenvalue weighted by molar-refractivity contribution is 9.10. The van der Waals surface area contributed by atoms with Gasteiger partial charge in [0.05, 0.1) is 10.6 Å². The predicted molar refractivity (Wildman–Crippen MR) is 79.5 cm³/mol. The lowest BCUT2D eigenvalue weighted by molar-refractivity contribution is -0.118. The quantitative estimate of drug-likeness (QED) is 0.749. The molecule has 0 bridgehead atoms. The third kappa shape index (κ3) is 3.57. The number of hydrogen-bond acceptors (Lipinski definition) is 4. The first-order valence-corrected chi connectivity index (χ1v) is 8.45. The second-order valence-electron chi connectivity index (χ2n) is 5.13. The monoisotopic (exact) mass is 361 g/mol. The van der Waals surface area contributed by atoms with Gasteiger partial charge in [-0.2, -0.15) is 0 Å². The molecule has 1 fully saturated rings. The summed E-state index contributed by atoms with van der Waals surface area (Å²) >= 11 is 3.21.